The third kappa shape index (κ3) is 2.79. The second kappa shape index (κ2) is 4.96. The zero-order chi connectivity index (χ0) is 14.9. The van der Waals surface area contributed by atoms with Gasteiger partial charge in [0.25, 0.3) is 0 Å². The summed E-state index contributed by atoms with van der Waals surface area (Å²) in [6, 6.07) is 11.2. The largest absolute Gasteiger partial charge is 0.476 e. The van der Waals surface area contributed by atoms with E-state index in [-0.39, 0.29) is 16.9 Å². The van der Waals surface area contributed by atoms with Crippen LogP contribution in [0.3, 0.4) is 0 Å². The summed E-state index contributed by atoms with van der Waals surface area (Å²) in [6.45, 7) is 6.40. The molecule has 1 aromatic heterocycles. The Labute approximate surface area is 118 Å². The maximum Gasteiger partial charge on any atom is 0.355 e. The van der Waals surface area contributed by atoms with Crippen LogP contribution in [0.5, 0.6) is 0 Å². The maximum atomic E-state index is 11.3. The molecule has 1 heterocycles. The summed E-state index contributed by atoms with van der Waals surface area (Å²) in [5.41, 5.74) is 8.19. The lowest BCUT2D eigenvalue weighted by Crippen LogP contribution is -2.10. The van der Waals surface area contributed by atoms with Gasteiger partial charge in [-0.1, -0.05) is 45.0 Å². The second-order valence-electron chi connectivity index (χ2n) is 5.76. The van der Waals surface area contributed by atoms with Crippen molar-refractivity contribution < 1.29 is 9.90 Å². The average molecular weight is 270 g/mol. The predicted octanol–water partition coefficient (Wildman–Crippen LogP) is 3.33. The van der Waals surface area contributed by atoms with Crippen molar-refractivity contribution in [3.05, 3.63) is 47.7 Å². The molecule has 0 saturated heterocycles. The maximum absolute atomic E-state index is 11.3. The number of rotatable bonds is 2. The molecule has 0 unspecified atom stereocenters. The van der Waals surface area contributed by atoms with Crippen LogP contribution in [-0.2, 0) is 5.41 Å². The Kier molecular flexibility index (Phi) is 3.49. The molecule has 20 heavy (non-hydrogen) atoms. The van der Waals surface area contributed by atoms with E-state index in [0.29, 0.717) is 5.56 Å². The van der Waals surface area contributed by atoms with Gasteiger partial charge in [-0.25, -0.2) is 9.78 Å². The quantitative estimate of drug-likeness (QED) is 0.877. The minimum atomic E-state index is -1.08. The lowest BCUT2D eigenvalue weighted by Gasteiger charge is -2.19. The summed E-state index contributed by atoms with van der Waals surface area (Å²) in [4.78, 5) is 15.2. The molecule has 2 rings (SSSR count). The number of hydrogen-bond donors (Lipinski definition) is 2. The van der Waals surface area contributed by atoms with E-state index in [2.05, 4.69) is 25.8 Å². The van der Waals surface area contributed by atoms with E-state index >= 15 is 0 Å². The summed E-state index contributed by atoms with van der Waals surface area (Å²) in [5, 5.41) is 9.22. The van der Waals surface area contributed by atoms with Gasteiger partial charge in [0.15, 0.2) is 5.69 Å². The number of carboxylic acids is 1. The molecule has 0 spiro atoms. The fraction of sp³-hybridized carbons (Fsp3) is 0.250. The Morgan fingerprint density at radius 2 is 1.70 bits per heavy atom. The second-order valence-corrected chi connectivity index (χ2v) is 5.76. The number of aromatic carboxylic acids is 1. The molecule has 0 bridgehead atoms. The average Bonchev–Trinajstić information content (AvgIpc) is 2.37. The first-order valence-electron chi connectivity index (χ1n) is 6.40. The fourth-order valence-electron chi connectivity index (χ4n) is 2.02. The van der Waals surface area contributed by atoms with Gasteiger partial charge in [-0.3, -0.25) is 0 Å². The molecule has 0 aliphatic heterocycles. The van der Waals surface area contributed by atoms with Gasteiger partial charge in [0, 0.05) is 5.56 Å². The van der Waals surface area contributed by atoms with Crippen LogP contribution < -0.4 is 5.73 Å². The summed E-state index contributed by atoms with van der Waals surface area (Å²) >= 11 is 0. The van der Waals surface area contributed by atoms with Crippen LogP contribution in [-0.4, -0.2) is 16.1 Å². The van der Waals surface area contributed by atoms with Crippen LogP contribution in [0.15, 0.2) is 36.4 Å². The van der Waals surface area contributed by atoms with E-state index < -0.39 is 5.97 Å². The van der Waals surface area contributed by atoms with Crippen molar-refractivity contribution in [1.82, 2.24) is 4.98 Å². The molecule has 0 radical (unpaired) electrons. The van der Waals surface area contributed by atoms with Crippen LogP contribution in [0.25, 0.3) is 11.1 Å². The highest BCUT2D eigenvalue weighted by atomic mass is 16.4. The van der Waals surface area contributed by atoms with E-state index in [1.54, 1.807) is 12.1 Å². The van der Waals surface area contributed by atoms with E-state index in [1.807, 2.05) is 24.3 Å². The number of pyridine rings is 1. The van der Waals surface area contributed by atoms with Crippen LogP contribution in [0.1, 0.15) is 36.8 Å². The first-order valence-corrected chi connectivity index (χ1v) is 6.40. The lowest BCUT2D eigenvalue weighted by molar-refractivity contribution is 0.0691. The van der Waals surface area contributed by atoms with Gasteiger partial charge >= 0.3 is 5.97 Å². The SMILES string of the molecule is CC(C)(C)c1ccc(-c2ccc(N)nc2C(=O)O)cc1. The highest BCUT2D eigenvalue weighted by Gasteiger charge is 2.16. The molecule has 4 nitrogen and oxygen atoms in total. The van der Waals surface area contributed by atoms with Crippen molar-refractivity contribution in [3.63, 3.8) is 0 Å². The van der Waals surface area contributed by atoms with Crippen molar-refractivity contribution in [1.29, 1.82) is 0 Å². The van der Waals surface area contributed by atoms with Crippen molar-refractivity contribution in [3.8, 4) is 11.1 Å². The molecule has 0 aliphatic rings. The summed E-state index contributed by atoms with van der Waals surface area (Å²) in [6.07, 6.45) is 0. The molecular formula is C16H18N2O2. The van der Waals surface area contributed by atoms with Crippen LogP contribution in [0.2, 0.25) is 0 Å². The molecule has 3 N–H and O–H groups in total. The third-order valence-electron chi connectivity index (χ3n) is 3.18. The minimum Gasteiger partial charge on any atom is -0.476 e. The van der Waals surface area contributed by atoms with Crippen molar-refractivity contribution in [2.75, 3.05) is 5.73 Å². The summed E-state index contributed by atoms with van der Waals surface area (Å²) in [5.74, 6) is -0.871. The fourth-order valence-corrected chi connectivity index (χ4v) is 2.02. The number of hydrogen-bond acceptors (Lipinski definition) is 3. The van der Waals surface area contributed by atoms with Crippen LogP contribution >= 0.6 is 0 Å². The highest BCUT2D eigenvalue weighted by Crippen LogP contribution is 2.28. The van der Waals surface area contributed by atoms with E-state index in [0.717, 1.165) is 5.56 Å². The number of carbonyl (C=O) groups is 1. The molecule has 0 amide bonds. The molecule has 104 valence electrons. The van der Waals surface area contributed by atoms with E-state index in [4.69, 9.17) is 5.73 Å². The Hall–Kier alpha value is -2.36. The zero-order valence-corrected chi connectivity index (χ0v) is 11.8. The van der Waals surface area contributed by atoms with Crippen LogP contribution in [0, 0.1) is 0 Å². The van der Waals surface area contributed by atoms with Crippen LogP contribution in [0.4, 0.5) is 5.82 Å². The van der Waals surface area contributed by atoms with E-state index in [9.17, 15) is 9.90 Å². The molecule has 0 atom stereocenters. The zero-order valence-electron chi connectivity index (χ0n) is 11.8. The molecule has 1 aromatic carbocycles. The van der Waals surface area contributed by atoms with Gasteiger partial charge in [0.05, 0.1) is 0 Å². The van der Waals surface area contributed by atoms with Gasteiger partial charge < -0.3 is 10.8 Å². The Balaban J connectivity index is 2.50. The number of nitrogens with zero attached hydrogens (tertiary/aromatic N) is 1. The van der Waals surface area contributed by atoms with E-state index in [1.165, 1.54) is 5.56 Å². The number of aromatic nitrogens is 1. The monoisotopic (exact) mass is 270 g/mol. The molecule has 0 aliphatic carbocycles. The topological polar surface area (TPSA) is 76.2 Å². The molecule has 0 saturated carbocycles. The van der Waals surface area contributed by atoms with Crippen molar-refractivity contribution in [2.45, 2.75) is 26.2 Å². The van der Waals surface area contributed by atoms with Gasteiger partial charge in [-0.2, -0.15) is 0 Å². The third-order valence-corrected chi connectivity index (χ3v) is 3.18. The summed E-state index contributed by atoms with van der Waals surface area (Å²) < 4.78 is 0. The number of anilines is 1. The molecule has 4 heteroatoms. The number of carboxylic acid groups (broad SMARTS) is 1. The number of benzene rings is 1. The molecular weight excluding hydrogens is 252 g/mol. The number of nitrogen functional groups attached to an aromatic ring is 1. The van der Waals surface area contributed by atoms with Gasteiger partial charge in [0.2, 0.25) is 0 Å². The summed E-state index contributed by atoms with van der Waals surface area (Å²) in [7, 11) is 0. The lowest BCUT2D eigenvalue weighted by atomic mass is 9.86. The van der Waals surface area contributed by atoms with Gasteiger partial charge in [-0.05, 0) is 28.7 Å². The predicted molar refractivity (Wildman–Crippen MR) is 79.7 cm³/mol. The van der Waals surface area contributed by atoms with Crippen molar-refractivity contribution >= 4 is 11.8 Å². The smallest absolute Gasteiger partial charge is 0.355 e. The molecule has 2 aromatic rings. The number of nitrogens with two attached hydrogens (primary N) is 1. The minimum absolute atomic E-state index is 0.0199. The Bertz CT molecular complexity index is 641. The van der Waals surface area contributed by atoms with Gasteiger partial charge in [0.1, 0.15) is 5.82 Å². The normalized spacial score (nSPS) is 11.3. The van der Waals surface area contributed by atoms with Crippen molar-refractivity contribution in [2.24, 2.45) is 0 Å². The Morgan fingerprint density at radius 3 is 2.20 bits per heavy atom. The Morgan fingerprint density at radius 1 is 1.10 bits per heavy atom. The highest BCUT2D eigenvalue weighted by molar-refractivity contribution is 5.94. The first-order chi connectivity index (χ1) is 9.29. The first kappa shape index (κ1) is 14.1. The van der Waals surface area contributed by atoms with Gasteiger partial charge in [-0.15, -0.1) is 0 Å². The standard InChI is InChI=1S/C16H18N2O2/c1-16(2,3)11-6-4-10(5-7-11)12-8-9-13(17)18-14(12)15(19)20/h4-9H,1-3H3,(H2,17,18)(H,19,20). The molecule has 0 fully saturated rings.